The molecule has 1 heterocycles. The highest BCUT2D eigenvalue weighted by Crippen LogP contribution is 2.32. The van der Waals surface area contributed by atoms with Crippen molar-refractivity contribution in [3.05, 3.63) is 23.9 Å². The van der Waals surface area contributed by atoms with E-state index in [9.17, 15) is 8.42 Å². The van der Waals surface area contributed by atoms with Crippen LogP contribution in [0, 0.1) is 0 Å². The number of aliphatic hydroxyl groups is 1. The van der Waals surface area contributed by atoms with Crippen LogP contribution in [0.1, 0.15) is 18.4 Å². The molecule has 0 saturated heterocycles. The Bertz CT molecular complexity index is 420. The van der Waals surface area contributed by atoms with Crippen LogP contribution >= 0.6 is 0 Å². The fourth-order valence-electron chi connectivity index (χ4n) is 1.22. The summed E-state index contributed by atoms with van der Waals surface area (Å²) in [6, 6.07) is 3.04. The van der Waals surface area contributed by atoms with Crippen LogP contribution in [0.5, 0.6) is 0 Å². The molecule has 0 aromatic carbocycles. The predicted octanol–water partition coefficient (Wildman–Crippen LogP) is 0.510. The van der Waals surface area contributed by atoms with Crippen molar-refractivity contribution in [3.8, 4) is 0 Å². The van der Waals surface area contributed by atoms with E-state index in [0.717, 1.165) is 12.8 Å². The van der Waals surface area contributed by atoms with Gasteiger partial charge in [0, 0.05) is 6.20 Å². The fourth-order valence-corrected chi connectivity index (χ4v) is 2.78. The van der Waals surface area contributed by atoms with Gasteiger partial charge in [0.05, 0.1) is 11.9 Å². The third-order valence-electron chi connectivity index (χ3n) is 2.23. The molecule has 1 saturated carbocycles. The number of aliphatic hydroxyl groups excluding tert-OH is 1. The normalized spacial score (nSPS) is 16.9. The van der Waals surface area contributed by atoms with Gasteiger partial charge in [0.25, 0.3) is 0 Å². The second-order valence-corrected chi connectivity index (χ2v) is 5.58. The zero-order valence-electron chi connectivity index (χ0n) is 7.55. The smallest absolute Gasteiger partial charge is 0.198 e. The summed E-state index contributed by atoms with van der Waals surface area (Å²) >= 11 is 0. The van der Waals surface area contributed by atoms with Gasteiger partial charge in [-0.25, -0.2) is 13.4 Å². The van der Waals surface area contributed by atoms with Crippen LogP contribution in [0.15, 0.2) is 23.4 Å². The van der Waals surface area contributed by atoms with Gasteiger partial charge in [-0.3, -0.25) is 0 Å². The quantitative estimate of drug-likeness (QED) is 0.794. The molecule has 0 radical (unpaired) electrons. The van der Waals surface area contributed by atoms with Crippen molar-refractivity contribution in [2.75, 3.05) is 0 Å². The standard InChI is InChI=1S/C9H11NO3S/c11-6-7-1-4-9(10-5-7)14(12,13)8-2-3-8/h1,4-5,8,11H,2-3,6H2. The lowest BCUT2D eigenvalue weighted by Gasteiger charge is -2.01. The molecule has 1 aliphatic rings. The number of hydrogen-bond acceptors (Lipinski definition) is 4. The largest absolute Gasteiger partial charge is 0.392 e. The Hall–Kier alpha value is -0.940. The summed E-state index contributed by atoms with van der Waals surface area (Å²) in [6.07, 6.45) is 2.88. The first-order chi connectivity index (χ1) is 6.64. The van der Waals surface area contributed by atoms with Gasteiger partial charge in [0.1, 0.15) is 0 Å². The first-order valence-electron chi connectivity index (χ1n) is 4.44. The molecule has 1 fully saturated rings. The summed E-state index contributed by atoms with van der Waals surface area (Å²) in [4.78, 5) is 3.83. The molecule has 1 aromatic rings. The Morgan fingerprint density at radius 1 is 1.43 bits per heavy atom. The summed E-state index contributed by atoms with van der Waals surface area (Å²) in [5, 5.41) is 8.66. The maximum atomic E-state index is 11.7. The number of hydrogen-bond donors (Lipinski definition) is 1. The van der Waals surface area contributed by atoms with Crippen LogP contribution in [-0.2, 0) is 16.4 Å². The molecule has 0 aliphatic heterocycles. The highest BCUT2D eigenvalue weighted by Gasteiger charge is 2.37. The van der Waals surface area contributed by atoms with E-state index in [4.69, 9.17) is 5.11 Å². The van der Waals surface area contributed by atoms with Crippen LogP contribution in [0.4, 0.5) is 0 Å². The molecular weight excluding hydrogens is 202 g/mol. The molecular formula is C9H11NO3S. The molecule has 1 aliphatic carbocycles. The average Bonchev–Trinajstić information content (AvgIpc) is 3.01. The third kappa shape index (κ3) is 1.65. The lowest BCUT2D eigenvalue weighted by atomic mass is 10.3. The number of nitrogens with zero attached hydrogens (tertiary/aromatic N) is 1. The minimum Gasteiger partial charge on any atom is -0.392 e. The van der Waals surface area contributed by atoms with Gasteiger partial charge in [-0.2, -0.15) is 0 Å². The van der Waals surface area contributed by atoms with Crippen molar-refractivity contribution in [1.82, 2.24) is 4.98 Å². The van der Waals surface area contributed by atoms with Crippen LogP contribution in [0.2, 0.25) is 0 Å². The highest BCUT2D eigenvalue weighted by molar-refractivity contribution is 7.92. The van der Waals surface area contributed by atoms with E-state index < -0.39 is 9.84 Å². The van der Waals surface area contributed by atoms with E-state index in [-0.39, 0.29) is 16.9 Å². The first kappa shape index (κ1) is 9.61. The lowest BCUT2D eigenvalue weighted by molar-refractivity contribution is 0.281. The maximum Gasteiger partial charge on any atom is 0.198 e. The molecule has 0 unspecified atom stereocenters. The summed E-state index contributed by atoms with van der Waals surface area (Å²) in [5.74, 6) is 0. The lowest BCUT2D eigenvalue weighted by Crippen LogP contribution is -2.09. The van der Waals surface area contributed by atoms with Gasteiger partial charge in [-0.15, -0.1) is 0 Å². The van der Waals surface area contributed by atoms with Gasteiger partial charge in [-0.05, 0) is 24.5 Å². The monoisotopic (exact) mass is 213 g/mol. The first-order valence-corrected chi connectivity index (χ1v) is 5.99. The maximum absolute atomic E-state index is 11.7. The van der Waals surface area contributed by atoms with Crippen molar-refractivity contribution in [2.45, 2.75) is 29.7 Å². The Labute approximate surface area is 82.5 Å². The Morgan fingerprint density at radius 3 is 2.57 bits per heavy atom. The van der Waals surface area contributed by atoms with Gasteiger partial charge >= 0.3 is 0 Å². The topological polar surface area (TPSA) is 67.3 Å². The Balaban J connectivity index is 2.33. The highest BCUT2D eigenvalue weighted by atomic mass is 32.2. The van der Waals surface area contributed by atoms with Gasteiger partial charge < -0.3 is 5.11 Å². The van der Waals surface area contributed by atoms with E-state index in [1.165, 1.54) is 12.3 Å². The Kier molecular flexibility index (Phi) is 2.28. The van der Waals surface area contributed by atoms with E-state index in [2.05, 4.69) is 4.98 Å². The molecule has 5 heteroatoms. The zero-order chi connectivity index (χ0) is 10.2. The molecule has 14 heavy (non-hydrogen) atoms. The minimum atomic E-state index is -3.18. The Morgan fingerprint density at radius 2 is 2.14 bits per heavy atom. The average molecular weight is 213 g/mol. The van der Waals surface area contributed by atoms with E-state index in [1.54, 1.807) is 6.07 Å². The number of pyridine rings is 1. The molecule has 4 nitrogen and oxygen atoms in total. The van der Waals surface area contributed by atoms with Crippen LogP contribution in [0.25, 0.3) is 0 Å². The van der Waals surface area contributed by atoms with Gasteiger partial charge in [0.2, 0.25) is 0 Å². The number of aromatic nitrogens is 1. The second kappa shape index (κ2) is 3.33. The van der Waals surface area contributed by atoms with E-state index >= 15 is 0 Å². The SMILES string of the molecule is O=S(=O)(c1ccc(CO)cn1)C1CC1. The molecule has 76 valence electrons. The minimum absolute atomic E-state index is 0.114. The van der Waals surface area contributed by atoms with Gasteiger partial charge in [0.15, 0.2) is 14.9 Å². The summed E-state index contributed by atoms with van der Waals surface area (Å²) in [6.45, 7) is -0.114. The van der Waals surface area contributed by atoms with Crippen molar-refractivity contribution in [1.29, 1.82) is 0 Å². The number of sulfone groups is 1. The van der Waals surface area contributed by atoms with Gasteiger partial charge in [-0.1, -0.05) is 6.07 Å². The van der Waals surface area contributed by atoms with Crippen molar-refractivity contribution < 1.29 is 13.5 Å². The molecule has 0 bridgehead atoms. The third-order valence-corrected chi connectivity index (χ3v) is 4.41. The molecule has 0 amide bonds. The second-order valence-electron chi connectivity index (χ2n) is 3.41. The molecule has 1 aromatic heterocycles. The van der Waals surface area contributed by atoms with Crippen LogP contribution in [-0.4, -0.2) is 23.8 Å². The van der Waals surface area contributed by atoms with E-state index in [1.807, 2.05) is 0 Å². The summed E-state index contributed by atoms with van der Waals surface area (Å²) in [5.41, 5.74) is 0.625. The van der Waals surface area contributed by atoms with Crippen LogP contribution in [0.3, 0.4) is 0 Å². The summed E-state index contributed by atoms with van der Waals surface area (Å²) in [7, 11) is -3.18. The van der Waals surface area contributed by atoms with Crippen molar-refractivity contribution in [2.24, 2.45) is 0 Å². The zero-order valence-corrected chi connectivity index (χ0v) is 8.37. The fraction of sp³-hybridized carbons (Fsp3) is 0.444. The molecule has 0 spiro atoms. The summed E-state index contributed by atoms with van der Waals surface area (Å²) < 4.78 is 23.3. The van der Waals surface area contributed by atoms with E-state index in [0.29, 0.717) is 5.56 Å². The molecule has 1 N–H and O–H groups in total. The van der Waals surface area contributed by atoms with Crippen molar-refractivity contribution >= 4 is 9.84 Å². The molecule has 2 rings (SSSR count). The van der Waals surface area contributed by atoms with Crippen molar-refractivity contribution in [3.63, 3.8) is 0 Å². The van der Waals surface area contributed by atoms with Crippen LogP contribution < -0.4 is 0 Å². The number of rotatable bonds is 3. The molecule has 0 atom stereocenters. The predicted molar refractivity (Wildman–Crippen MR) is 50.4 cm³/mol.